The zero-order chi connectivity index (χ0) is 22.5. The highest BCUT2D eigenvalue weighted by Crippen LogP contribution is 2.29. The molecule has 2 aromatic rings. The molecule has 1 unspecified atom stereocenters. The number of carbonyl (C=O) groups is 1. The van der Waals surface area contributed by atoms with Crippen LogP contribution in [0.4, 0.5) is 4.39 Å². The van der Waals surface area contributed by atoms with Gasteiger partial charge in [-0.1, -0.05) is 95.5 Å². The molecule has 0 aliphatic carbocycles. The molecule has 0 aliphatic rings. The van der Waals surface area contributed by atoms with Crippen LogP contribution < -0.4 is 4.74 Å². The fraction of sp³-hybridized carbons (Fsp3) is 0.519. The average Bonchev–Trinajstić information content (AvgIpc) is 2.77. The lowest BCUT2D eigenvalue weighted by Crippen LogP contribution is -2.11. The molecule has 0 aromatic heterocycles. The van der Waals surface area contributed by atoms with Gasteiger partial charge >= 0.3 is 5.97 Å². The van der Waals surface area contributed by atoms with Gasteiger partial charge in [-0.3, -0.25) is 4.79 Å². The van der Waals surface area contributed by atoms with Crippen molar-refractivity contribution in [3.05, 3.63) is 53.8 Å². The van der Waals surface area contributed by atoms with Crippen molar-refractivity contribution in [3.8, 4) is 16.9 Å². The van der Waals surface area contributed by atoms with Crippen LogP contribution in [-0.2, 0) is 4.79 Å². The lowest BCUT2D eigenvalue weighted by atomic mass is 9.91. The minimum atomic E-state index is -0.783. The second-order valence-corrected chi connectivity index (χ2v) is 8.27. The topological polar surface area (TPSA) is 46.5 Å². The molecule has 0 aliphatic heterocycles. The molecule has 0 saturated carbocycles. The van der Waals surface area contributed by atoms with E-state index in [1.807, 2.05) is 30.3 Å². The Hall–Kier alpha value is -2.36. The number of benzene rings is 2. The summed E-state index contributed by atoms with van der Waals surface area (Å²) in [6, 6.07) is 12.5. The third kappa shape index (κ3) is 8.35. The van der Waals surface area contributed by atoms with Gasteiger partial charge < -0.3 is 9.84 Å². The minimum Gasteiger partial charge on any atom is -0.491 e. The van der Waals surface area contributed by atoms with Gasteiger partial charge in [-0.25, -0.2) is 4.39 Å². The third-order valence-corrected chi connectivity index (χ3v) is 5.73. The van der Waals surface area contributed by atoms with E-state index in [0.717, 1.165) is 55.2 Å². The van der Waals surface area contributed by atoms with E-state index in [9.17, 15) is 14.3 Å². The van der Waals surface area contributed by atoms with E-state index in [-0.39, 0.29) is 11.6 Å². The van der Waals surface area contributed by atoms with Gasteiger partial charge in [-0.05, 0) is 41.7 Å². The van der Waals surface area contributed by atoms with Crippen LogP contribution in [0.3, 0.4) is 0 Å². The number of aliphatic carboxylic acids is 1. The van der Waals surface area contributed by atoms with Gasteiger partial charge in [0, 0.05) is 0 Å². The zero-order valence-electron chi connectivity index (χ0n) is 19.0. The van der Waals surface area contributed by atoms with E-state index in [2.05, 4.69) is 13.8 Å². The molecule has 0 radical (unpaired) electrons. The monoisotopic (exact) mass is 428 g/mol. The first kappa shape index (κ1) is 24.9. The quantitative estimate of drug-likeness (QED) is 0.292. The molecule has 0 saturated heterocycles. The van der Waals surface area contributed by atoms with Gasteiger partial charge in [0.15, 0.2) is 11.6 Å². The first-order valence-electron chi connectivity index (χ1n) is 11.8. The van der Waals surface area contributed by atoms with Crippen LogP contribution in [0.25, 0.3) is 11.1 Å². The van der Waals surface area contributed by atoms with Crippen LogP contribution in [0.1, 0.15) is 89.5 Å². The van der Waals surface area contributed by atoms with E-state index < -0.39 is 11.9 Å². The van der Waals surface area contributed by atoms with Crippen molar-refractivity contribution in [3.63, 3.8) is 0 Å². The van der Waals surface area contributed by atoms with E-state index in [0.29, 0.717) is 13.0 Å². The normalized spacial score (nSPS) is 12.0. The molecule has 0 fully saturated rings. The standard InChI is InChI=1S/C27H37FO3/c1-3-5-7-9-10-12-24(27(29)30)22-15-13-21(14-16-22)23-17-18-26(25(28)20-23)31-19-11-8-6-4-2/h13-18,20,24H,3-12,19H2,1-2H3,(H,29,30). The van der Waals surface area contributed by atoms with Gasteiger partial charge in [-0.15, -0.1) is 0 Å². The minimum absolute atomic E-state index is 0.283. The summed E-state index contributed by atoms with van der Waals surface area (Å²) in [7, 11) is 0. The molecular formula is C27H37FO3. The Kier molecular flexibility index (Phi) is 11.1. The summed E-state index contributed by atoms with van der Waals surface area (Å²) in [4.78, 5) is 11.7. The summed E-state index contributed by atoms with van der Waals surface area (Å²) in [5, 5.41) is 9.64. The Morgan fingerprint density at radius 1 is 0.871 bits per heavy atom. The maximum absolute atomic E-state index is 14.4. The smallest absolute Gasteiger partial charge is 0.310 e. The van der Waals surface area contributed by atoms with Crippen LogP contribution in [-0.4, -0.2) is 17.7 Å². The predicted molar refractivity (Wildman–Crippen MR) is 125 cm³/mol. The largest absolute Gasteiger partial charge is 0.491 e. The van der Waals surface area contributed by atoms with Gasteiger partial charge in [0.05, 0.1) is 12.5 Å². The van der Waals surface area contributed by atoms with Gasteiger partial charge in [-0.2, -0.15) is 0 Å². The molecule has 0 amide bonds. The highest BCUT2D eigenvalue weighted by molar-refractivity contribution is 5.76. The van der Waals surface area contributed by atoms with E-state index in [1.54, 1.807) is 6.07 Å². The molecular weight excluding hydrogens is 391 g/mol. The maximum atomic E-state index is 14.4. The molecule has 1 atom stereocenters. The Labute approximate surface area is 186 Å². The number of rotatable bonds is 15. The molecule has 1 N–H and O–H groups in total. The molecule has 0 spiro atoms. The summed E-state index contributed by atoms with van der Waals surface area (Å²) in [5.74, 6) is -1.36. The third-order valence-electron chi connectivity index (χ3n) is 5.73. The van der Waals surface area contributed by atoms with Crippen LogP contribution in [0, 0.1) is 5.82 Å². The second-order valence-electron chi connectivity index (χ2n) is 8.27. The number of carboxylic acid groups (broad SMARTS) is 1. The molecule has 4 heteroatoms. The number of carboxylic acids is 1. The molecule has 2 rings (SSSR count). The van der Waals surface area contributed by atoms with Gasteiger partial charge in [0.1, 0.15) is 0 Å². The first-order chi connectivity index (χ1) is 15.1. The maximum Gasteiger partial charge on any atom is 0.310 e. The Balaban J connectivity index is 1.98. The van der Waals surface area contributed by atoms with Crippen molar-refractivity contribution >= 4 is 5.97 Å². The van der Waals surface area contributed by atoms with Crippen LogP contribution in [0.15, 0.2) is 42.5 Å². The lowest BCUT2D eigenvalue weighted by Gasteiger charge is -2.14. The molecule has 0 heterocycles. The molecule has 3 nitrogen and oxygen atoms in total. The van der Waals surface area contributed by atoms with Crippen molar-refractivity contribution in [2.45, 2.75) is 84.0 Å². The van der Waals surface area contributed by atoms with E-state index in [1.165, 1.54) is 25.3 Å². The van der Waals surface area contributed by atoms with Crippen LogP contribution in [0.2, 0.25) is 0 Å². The number of ether oxygens (including phenoxy) is 1. The van der Waals surface area contributed by atoms with E-state index in [4.69, 9.17) is 4.74 Å². The Morgan fingerprint density at radius 2 is 1.48 bits per heavy atom. The molecule has 31 heavy (non-hydrogen) atoms. The summed E-state index contributed by atoms with van der Waals surface area (Å²) in [5.41, 5.74) is 2.43. The summed E-state index contributed by atoms with van der Waals surface area (Å²) in [6.45, 7) is 4.85. The number of halogens is 1. The van der Waals surface area contributed by atoms with Crippen molar-refractivity contribution in [2.75, 3.05) is 6.61 Å². The van der Waals surface area contributed by atoms with Gasteiger partial charge in [0.2, 0.25) is 0 Å². The molecule has 170 valence electrons. The highest BCUT2D eigenvalue weighted by Gasteiger charge is 2.19. The fourth-order valence-electron chi connectivity index (χ4n) is 3.80. The zero-order valence-corrected chi connectivity index (χ0v) is 19.0. The lowest BCUT2D eigenvalue weighted by molar-refractivity contribution is -0.139. The Bertz CT molecular complexity index is 786. The van der Waals surface area contributed by atoms with Crippen molar-refractivity contribution in [1.82, 2.24) is 0 Å². The van der Waals surface area contributed by atoms with Crippen LogP contribution in [0.5, 0.6) is 5.75 Å². The average molecular weight is 429 g/mol. The summed E-state index contributed by atoms with van der Waals surface area (Å²) in [6.07, 6.45) is 10.5. The number of hydrogen-bond donors (Lipinski definition) is 1. The second kappa shape index (κ2) is 13.8. The van der Waals surface area contributed by atoms with Crippen molar-refractivity contribution in [2.24, 2.45) is 0 Å². The summed E-state index contributed by atoms with van der Waals surface area (Å²) < 4.78 is 20.0. The van der Waals surface area contributed by atoms with Crippen LogP contribution >= 0.6 is 0 Å². The predicted octanol–water partition coefficient (Wildman–Crippen LogP) is 7.98. The highest BCUT2D eigenvalue weighted by atomic mass is 19.1. The fourth-order valence-corrected chi connectivity index (χ4v) is 3.80. The van der Waals surface area contributed by atoms with Crippen molar-refractivity contribution in [1.29, 1.82) is 0 Å². The molecule has 0 bridgehead atoms. The number of unbranched alkanes of at least 4 members (excludes halogenated alkanes) is 7. The Morgan fingerprint density at radius 3 is 2.10 bits per heavy atom. The number of hydrogen-bond acceptors (Lipinski definition) is 2. The SMILES string of the molecule is CCCCCCCC(C(=O)O)c1ccc(-c2ccc(OCCCCCC)c(F)c2)cc1. The summed E-state index contributed by atoms with van der Waals surface area (Å²) >= 11 is 0. The van der Waals surface area contributed by atoms with Gasteiger partial charge in [0.25, 0.3) is 0 Å². The first-order valence-corrected chi connectivity index (χ1v) is 11.8. The van der Waals surface area contributed by atoms with E-state index >= 15 is 0 Å². The molecule has 2 aromatic carbocycles. The van der Waals surface area contributed by atoms with Crippen molar-refractivity contribution < 1.29 is 19.0 Å².